The van der Waals surface area contributed by atoms with Crippen LogP contribution in [0.1, 0.15) is 31.0 Å². The van der Waals surface area contributed by atoms with Gasteiger partial charge in [-0.3, -0.25) is 9.36 Å². The van der Waals surface area contributed by atoms with Crippen molar-refractivity contribution in [3.05, 3.63) is 96.8 Å². The van der Waals surface area contributed by atoms with Crippen LogP contribution in [-0.2, 0) is 16.6 Å². The van der Waals surface area contributed by atoms with Crippen LogP contribution in [0.2, 0.25) is 0 Å². The summed E-state index contributed by atoms with van der Waals surface area (Å²) in [6.07, 6.45) is 3.91. The van der Waals surface area contributed by atoms with Gasteiger partial charge in [-0.1, -0.05) is 41.7 Å². The van der Waals surface area contributed by atoms with Crippen LogP contribution < -0.4 is 19.6 Å². The molecule has 0 fully saturated rings. The molecule has 1 aliphatic heterocycles. The third kappa shape index (κ3) is 3.89. The summed E-state index contributed by atoms with van der Waals surface area (Å²) in [6, 6.07) is 14.8. The van der Waals surface area contributed by atoms with Crippen molar-refractivity contribution in [1.82, 2.24) is 9.13 Å². The summed E-state index contributed by atoms with van der Waals surface area (Å²) in [5, 5.41) is 1.06. The van der Waals surface area contributed by atoms with Crippen molar-refractivity contribution in [3.63, 3.8) is 0 Å². The average Bonchev–Trinajstić information content (AvgIpc) is 3.34. The highest BCUT2D eigenvalue weighted by Gasteiger charge is 2.33. The molecule has 0 aliphatic carbocycles. The van der Waals surface area contributed by atoms with Crippen molar-refractivity contribution in [1.29, 1.82) is 0 Å². The molecule has 2 aromatic heterocycles. The van der Waals surface area contributed by atoms with E-state index in [-0.39, 0.29) is 12.2 Å². The van der Waals surface area contributed by atoms with Crippen molar-refractivity contribution in [2.24, 2.45) is 12.0 Å². The summed E-state index contributed by atoms with van der Waals surface area (Å²) in [4.78, 5) is 32.0. The van der Waals surface area contributed by atoms with Crippen LogP contribution in [0.25, 0.3) is 17.0 Å². The highest BCUT2D eigenvalue weighted by molar-refractivity contribution is 7.07. The summed E-state index contributed by atoms with van der Waals surface area (Å²) >= 11 is 1.32. The lowest BCUT2D eigenvalue weighted by atomic mass is 9.95. The molecule has 3 heterocycles. The fourth-order valence-corrected chi connectivity index (χ4v) is 5.59. The number of esters is 1. The van der Waals surface area contributed by atoms with E-state index in [4.69, 9.17) is 9.47 Å². The normalized spacial score (nSPS) is 15.8. The number of ether oxygens (including phenoxy) is 2. The molecule has 1 atom stereocenters. The zero-order valence-electron chi connectivity index (χ0n) is 19.9. The lowest BCUT2D eigenvalue weighted by molar-refractivity contribution is -0.139. The van der Waals surface area contributed by atoms with Crippen molar-refractivity contribution in [2.75, 3.05) is 13.7 Å². The molecule has 5 rings (SSSR count). The first-order valence-corrected chi connectivity index (χ1v) is 12.1. The fourth-order valence-electron chi connectivity index (χ4n) is 4.55. The zero-order chi connectivity index (χ0) is 24.7. The van der Waals surface area contributed by atoms with Gasteiger partial charge in [0.05, 0.1) is 35.6 Å². The maximum Gasteiger partial charge on any atom is 0.338 e. The van der Waals surface area contributed by atoms with E-state index >= 15 is 0 Å². The summed E-state index contributed by atoms with van der Waals surface area (Å²) < 4.78 is 15.0. The second-order valence-corrected chi connectivity index (χ2v) is 9.30. The van der Waals surface area contributed by atoms with Crippen LogP contribution in [0.15, 0.2) is 75.8 Å². The quantitative estimate of drug-likeness (QED) is 0.405. The van der Waals surface area contributed by atoms with Crippen LogP contribution in [0.3, 0.4) is 0 Å². The van der Waals surface area contributed by atoms with Crippen molar-refractivity contribution in [2.45, 2.75) is 19.9 Å². The Morgan fingerprint density at radius 2 is 2.00 bits per heavy atom. The SMILES string of the molecule is CCOC(=O)C1=C(C)N=c2sc(=Cc3cn(C)c4ccccc34)c(=O)n2C1c1cccc(OC)c1. The van der Waals surface area contributed by atoms with Crippen LogP contribution in [0.5, 0.6) is 5.75 Å². The molecule has 0 amide bonds. The van der Waals surface area contributed by atoms with E-state index in [0.29, 0.717) is 26.4 Å². The van der Waals surface area contributed by atoms with Gasteiger partial charge in [0.15, 0.2) is 4.80 Å². The maximum atomic E-state index is 13.8. The van der Waals surface area contributed by atoms with Gasteiger partial charge in [-0.2, -0.15) is 0 Å². The maximum absolute atomic E-state index is 13.8. The molecule has 0 N–H and O–H groups in total. The Kier molecular flexibility index (Phi) is 5.90. The predicted octanol–water partition coefficient (Wildman–Crippen LogP) is 3.30. The number of rotatable bonds is 5. The third-order valence-electron chi connectivity index (χ3n) is 6.14. The minimum Gasteiger partial charge on any atom is -0.497 e. The van der Waals surface area contributed by atoms with Crippen LogP contribution in [-0.4, -0.2) is 28.8 Å². The number of thiazole rings is 1. The smallest absolute Gasteiger partial charge is 0.338 e. The molecule has 0 spiro atoms. The number of benzene rings is 2. The van der Waals surface area contributed by atoms with Gasteiger partial charge in [0.25, 0.3) is 5.56 Å². The van der Waals surface area contributed by atoms with Crippen molar-refractivity contribution in [3.8, 4) is 5.75 Å². The van der Waals surface area contributed by atoms with E-state index < -0.39 is 12.0 Å². The van der Waals surface area contributed by atoms with Crippen molar-refractivity contribution >= 4 is 34.3 Å². The Labute approximate surface area is 205 Å². The van der Waals surface area contributed by atoms with Gasteiger partial charge in [-0.05, 0) is 43.7 Å². The minimum absolute atomic E-state index is 0.205. The van der Waals surface area contributed by atoms with E-state index in [1.54, 1.807) is 25.5 Å². The molecule has 7 nitrogen and oxygen atoms in total. The first-order valence-electron chi connectivity index (χ1n) is 11.3. The van der Waals surface area contributed by atoms with Gasteiger partial charge in [-0.15, -0.1) is 0 Å². The fraction of sp³-hybridized carbons (Fsp3) is 0.222. The summed E-state index contributed by atoms with van der Waals surface area (Å²) in [7, 11) is 3.57. The average molecular weight is 488 g/mol. The minimum atomic E-state index is -0.671. The van der Waals surface area contributed by atoms with Gasteiger partial charge in [-0.25, -0.2) is 9.79 Å². The lowest BCUT2D eigenvalue weighted by Crippen LogP contribution is -2.39. The van der Waals surface area contributed by atoms with E-state index in [0.717, 1.165) is 22.0 Å². The largest absolute Gasteiger partial charge is 0.497 e. The Balaban J connectivity index is 1.76. The number of hydrogen-bond acceptors (Lipinski definition) is 6. The first-order chi connectivity index (χ1) is 16.9. The second kappa shape index (κ2) is 9.03. The number of para-hydroxylation sites is 1. The predicted molar refractivity (Wildman–Crippen MR) is 136 cm³/mol. The Hall–Kier alpha value is -3.91. The molecular weight excluding hydrogens is 462 g/mol. The first kappa shape index (κ1) is 22.9. The number of aryl methyl sites for hydroxylation is 1. The summed E-state index contributed by atoms with van der Waals surface area (Å²) in [5.41, 5.74) is 3.47. The standard InChI is InChI=1S/C27H25N3O4S/c1-5-34-26(32)23-16(2)28-27-30(24(23)17-9-8-10-19(13-17)33-4)25(31)22(35-27)14-18-15-29(3)21-12-7-6-11-20(18)21/h6-15,24H,5H2,1-4H3. The van der Waals surface area contributed by atoms with Crippen molar-refractivity contribution < 1.29 is 14.3 Å². The summed E-state index contributed by atoms with van der Waals surface area (Å²) in [6.45, 7) is 3.76. The molecule has 0 saturated heterocycles. The van der Waals surface area contributed by atoms with E-state index in [1.165, 1.54) is 11.3 Å². The van der Waals surface area contributed by atoms with Gasteiger partial charge >= 0.3 is 5.97 Å². The Morgan fingerprint density at radius 3 is 2.77 bits per heavy atom. The van der Waals surface area contributed by atoms with Gasteiger partial charge in [0, 0.05) is 29.7 Å². The third-order valence-corrected chi connectivity index (χ3v) is 7.12. The number of aromatic nitrogens is 2. The Bertz CT molecular complexity index is 1670. The number of fused-ring (bicyclic) bond motifs is 2. The number of allylic oxidation sites excluding steroid dienone is 1. The lowest BCUT2D eigenvalue weighted by Gasteiger charge is -2.25. The molecule has 0 bridgehead atoms. The Morgan fingerprint density at radius 1 is 1.20 bits per heavy atom. The monoisotopic (exact) mass is 487 g/mol. The number of hydrogen-bond donors (Lipinski definition) is 0. The molecule has 1 unspecified atom stereocenters. The molecule has 0 saturated carbocycles. The van der Waals surface area contributed by atoms with Gasteiger partial charge < -0.3 is 14.0 Å². The molecular formula is C27H25N3O4S. The molecule has 0 radical (unpaired) electrons. The van der Waals surface area contributed by atoms with Crippen LogP contribution >= 0.6 is 11.3 Å². The van der Waals surface area contributed by atoms with Gasteiger partial charge in [0.1, 0.15) is 5.75 Å². The van der Waals surface area contributed by atoms with Crippen LogP contribution in [0.4, 0.5) is 0 Å². The van der Waals surface area contributed by atoms with Crippen LogP contribution in [0, 0.1) is 0 Å². The molecule has 1 aliphatic rings. The zero-order valence-corrected chi connectivity index (χ0v) is 20.8. The molecule has 4 aromatic rings. The van der Waals surface area contributed by atoms with E-state index in [1.807, 2.05) is 72.4 Å². The molecule has 178 valence electrons. The molecule has 35 heavy (non-hydrogen) atoms. The van der Waals surface area contributed by atoms with E-state index in [2.05, 4.69) is 4.99 Å². The molecule has 8 heteroatoms. The summed E-state index contributed by atoms with van der Waals surface area (Å²) in [5.74, 6) is 0.156. The van der Waals surface area contributed by atoms with E-state index in [9.17, 15) is 9.59 Å². The highest BCUT2D eigenvalue weighted by atomic mass is 32.1. The van der Waals surface area contributed by atoms with Gasteiger partial charge in [0.2, 0.25) is 0 Å². The number of carbonyl (C=O) groups excluding carboxylic acids is 1. The number of methoxy groups -OCH3 is 1. The topological polar surface area (TPSA) is 74.8 Å². The number of carbonyl (C=O) groups is 1. The second-order valence-electron chi connectivity index (χ2n) is 8.29. The number of nitrogens with zero attached hydrogens (tertiary/aromatic N) is 3. The molecule has 2 aromatic carbocycles. The highest BCUT2D eigenvalue weighted by Crippen LogP contribution is 2.32.